The van der Waals surface area contributed by atoms with Crippen molar-refractivity contribution in [2.75, 3.05) is 18.0 Å². The molecular weight excluding hydrogens is 402 g/mol. The van der Waals surface area contributed by atoms with E-state index in [4.69, 9.17) is 0 Å². The van der Waals surface area contributed by atoms with Gasteiger partial charge < -0.3 is 10.2 Å². The number of nitrogens with zero attached hydrogens (tertiary/aromatic N) is 2. The third-order valence-electron chi connectivity index (χ3n) is 7.44. The molecule has 1 N–H and O–H groups in total. The van der Waals surface area contributed by atoms with E-state index in [9.17, 15) is 14.4 Å². The van der Waals surface area contributed by atoms with Crippen LogP contribution in [0.5, 0.6) is 0 Å². The monoisotopic (exact) mass is 427 g/mol. The number of anilines is 1. The number of carbonyl (C=O) groups is 3. The minimum atomic E-state index is -0.510. The van der Waals surface area contributed by atoms with Crippen molar-refractivity contribution in [2.24, 2.45) is 17.8 Å². The van der Waals surface area contributed by atoms with Gasteiger partial charge in [0.1, 0.15) is 6.17 Å². The summed E-state index contributed by atoms with van der Waals surface area (Å²) in [6.45, 7) is 0.955. The van der Waals surface area contributed by atoms with Crippen molar-refractivity contribution >= 4 is 23.4 Å². The number of hydrogen-bond donors (Lipinski definition) is 1. The molecule has 2 aromatic carbocycles. The molecule has 2 aromatic rings. The predicted octanol–water partition coefficient (Wildman–Crippen LogP) is 3.52. The average molecular weight is 428 g/mol. The van der Waals surface area contributed by atoms with Crippen molar-refractivity contribution in [1.29, 1.82) is 0 Å². The molecule has 6 rings (SSSR count). The lowest BCUT2D eigenvalue weighted by Gasteiger charge is -2.40. The maximum Gasteiger partial charge on any atom is 0.260 e. The molecule has 4 atom stereocenters. The van der Waals surface area contributed by atoms with Gasteiger partial charge in [-0.15, -0.1) is 0 Å². The molecule has 162 valence electrons. The van der Waals surface area contributed by atoms with Crippen LogP contribution in [0.2, 0.25) is 0 Å². The van der Waals surface area contributed by atoms with Gasteiger partial charge in [-0.05, 0) is 48.8 Å². The number of rotatable bonds is 5. The Morgan fingerprint density at radius 2 is 1.72 bits per heavy atom. The summed E-state index contributed by atoms with van der Waals surface area (Å²) in [6.07, 6.45) is 6.66. The number of nitrogens with one attached hydrogen (secondary N) is 1. The van der Waals surface area contributed by atoms with Crippen molar-refractivity contribution < 1.29 is 14.4 Å². The molecule has 0 unspecified atom stereocenters. The number of carbonyl (C=O) groups excluding carboxylic acids is 3. The Bertz CT molecular complexity index is 1160. The lowest BCUT2D eigenvalue weighted by atomic mass is 9.93. The highest BCUT2D eigenvalue weighted by molar-refractivity contribution is 6.16. The van der Waals surface area contributed by atoms with E-state index in [0.29, 0.717) is 41.1 Å². The first kappa shape index (κ1) is 19.3. The zero-order valence-electron chi connectivity index (χ0n) is 17.7. The van der Waals surface area contributed by atoms with E-state index < -0.39 is 6.17 Å². The van der Waals surface area contributed by atoms with Crippen LogP contribution < -0.4 is 10.2 Å². The zero-order chi connectivity index (χ0) is 21.8. The van der Waals surface area contributed by atoms with Crippen LogP contribution in [0.15, 0.2) is 60.7 Å². The molecule has 2 aliphatic carbocycles. The maximum absolute atomic E-state index is 13.4. The van der Waals surface area contributed by atoms with Gasteiger partial charge in [0, 0.05) is 30.6 Å². The largest absolute Gasteiger partial charge is 0.356 e. The maximum atomic E-state index is 13.4. The van der Waals surface area contributed by atoms with E-state index in [0.717, 1.165) is 12.0 Å². The Morgan fingerprint density at radius 1 is 0.938 bits per heavy atom. The number of para-hydroxylation sites is 1. The van der Waals surface area contributed by atoms with Crippen molar-refractivity contribution in [2.45, 2.75) is 25.4 Å². The highest BCUT2D eigenvalue weighted by Gasteiger charge is 2.47. The first-order chi connectivity index (χ1) is 15.6. The first-order valence-corrected chi connectivity index (χ1v) is 11.4. The molecule has 0 aromatic heterocycles. The molecule has 3 amide bonds. The van der Waals surface area contributed by atoms with E-state index >= 15 is 0 Å². The fourth-order valence-electron chi connectivity index (χ4n) is 5.88. The summed E-state index contributed by atoms with van der Waals surface area (Å²) in [5.41, 5.74) is 2.56. The summed E-state index contributed by atoms with van der Waals surface area (Å²) in [4.78, 5) is 42.6. The topological polar surface area (TPSA) is 69.7 Å². The molecule has 0 spiro atoms. The van der Waals surface area contributed by atoms with E-state index in [1.54, 1.807) is 28.0 Å². The fraction of sp³-hybridized carbons (Fsp3) is 0.346. The highest BCUT2D eigenvalue weighted by Crippen LogP contribution is 2.45. The molecule has 1 saturated carbocycles. The lowest BCUT2D eigenvalue weighted by Crippen LogP contribution is -2.49. The van der Waals surface area contributed by atoms with E-state index in [-0.39, 0.29) is 30.7 Å². The van der Waals surface area contributed by atoms with Gasteiger partial charge in [0.05, 0.1) is 11.3 Å². The van der Waals surface area contributed by atoms with Crippen molar-refractivity contribution in [1.82, 2.24) is 10.2 Å². The van der Waals surface area contributed by atoms with Crippen LogP contribution in [0.25, 0.3) is 0 Å². The second kappa shape index (κ2) is 7.33. The number of allylic oxidation sites excluding steroid dienone is 2. The SMILES string of the molecule is O=C(CCN1C(=O)c2ccccc2N2C(=O)c3ccccc3[C@@H]12)NC[C@@H]1C[C@H]2C=C[C@H]1C2. The summed E-state index contributed by atoms with van der Waals surface area (Å²) in [7, 11) is 0. The standard InChI is InChI=1S/C26H25N3O3/c30-23(27-15-18-14-16-9-10-17(18)13-16)11-12-28-24-19-5-1-2-6-20(19)26(32)29(24)22-8-4-3-7-21(22)25(28)31/h1-10,16-18,24H,11-15H2,(H,27,30)/t16-,17-,18-,24-/m0/s1. The van der Waals surface area contributed by atoms with Crippen LogP contribution in [-0.4, -0.2) is 35.7 Å². The molecule has 4 aliphatic rings. The Kier molecular flexibility index (Phi) is 4.42. The van der Waals surface area contributed by atoms with E-state index in [1.165, 1.54) is 6.42 Å². The molecular formula is C26H25N3O3. The Labute approximate surface area is 186 Å². The van der Waals surface area contributed by atoms with Gasteiger partial charge in [-0.1, -0.05) is 42.5 Å². The minimum Gasteiger partial charge on any atom is -0.356 e. The molecule has 2 bridgehead atoms. The highest BCUT2D eigenvalue weighted by atomic mass is 16.2. The molecule has 6 nitrogen and oxygen atoms in total. The van der Waals surface area contributed by atoms with Crippen LogP contribution in [-0.2, 0) is 4.79 Å². The Balaban J connectivity index is 1.21. The molecule has 2 heterocycles. The van der Waals surface area contributed by atoms with Gasteiger partial charge >= 0.3 is 0 Å². The second-order valence-corrected chi connectivity index (χ2v) is 9.25. The molecule has 0 radical (unpaired) electrons. The first-order valence-electron chi connectivity index (χ1n) is 11.4. The van der Waals surface area contributed by atoms with Crippen molar-refractivity contribution in [3.05, 3.63) is 77.4 Å². The minimum absolute atomic E-state index is 0.0485. The van der Waals surface area contributed by atoms with Crippen molar-refractivity contribution in [3.8, 4) is 0 Å². The average Bonchev–Trinajstić information content (AvgIpc) is 3.52. The smallest absolute Gasteiger partial charge is 0.260 e. The van der Waals surface area contributed by atoms with Crippen molar-refractivity contribution in [3.63, 3.8) is 0 Å². The zero-order valence-corrected chi connectivity index (χ0v) is 17.7. The van der Waals surface area contributed by atoms with Gasteiger partial charge in [0.15, 0.2) is 0 Å². The van der Waals surface area contributed by atoms with Crippen LogP contribution in [0.3, 0.4) is 0 Å². The number of benzene rings is 2. The normalized spacial score (nSPS) is 26.9. The van der Waals surface area contributed by atoms with Gasteiger partial charge in [-0.3, -0.25) is 19.3 Å². The molecule has 1 fully saturated rings. The quantitative estimate of drug-likeness (QED) is 0.743. The van der Waals surface area contributed by atoms with Crippen LogP contribution in [0, 0.1) is 17.8 Å². The fourth-order valence-corrected chi connectivity index (χ4v) is 5.88. The molecule has 2 aliphatic heterocycles. The summed E-state index contributed by atoms with van der Waals surface area (Å²) in [5.74, 6) is 1.50. The summed E-state index contributed by atoms with van der Waals surface area (Å²) < 4.78 is 0. The third kappa shape index (κ3) is 2.89. The third-order valence-corrected chi connectivity index (χ3v) is 7.44. The van der Waals surface area contributed by atoms with E-state index in [2.05, 4.69) is 17.5 Å². The van der Waals surface area contributed by atoms with Crippen LogP contribution in [0.1, 0.15) is 51.7 Å². The lowest BCUT2D eigenvalue weighted by molar-refractivity contribution is -0.121. The second-order valence-electron chi connectivity index (χ2n) is 9.25. The predicted molar refractivity (Wildman–Crippen MR) is 120 cm³/mol. The van der Waals surface area contributed by atoms with E-state index in [1.807, 2.05) is 30.3 Å². The van der Waals surface area contributed by atoms with Gasteiger partial charge in [-0.2, -0.15) is 0 Å². The number of hydrogen-bond acceptors (Lipinski definition) is 3. The Hall–Kier alpha value is -3.41. The van der Waals surface area contributed by atoms with Gasteiger partial charge in [-0.25, -0.2) is 0 Å². The van der Waals surface area contributed by atoms with Crippen LogP contribution in [0.4, 0.5) is 5.69 Å². The summed E-state index contributed by atoms with van der Waals surface area (Å²) >= 11 is 0. The summed E-state index contributed by atoms with van der Waals surface area (Å²) in [5, 5.41) is 3.08. The molecule has 32 heavy (non-hydrogen) atoms. The molecule has 0 saturated heterocycles. The Morgan fingerprint density at radius 3 is 2.50 bits per heavy atom. The van der Waals surface area contributed by atoms with Crippen LogP contribution >= 0.6 is 0 Å². The molecule has 6 heteroatoms. The van der Waals surface area contributed by atoms with Gasteiger partial charge in [0.2, 0.25) is 5.91 Å². The summed E-state index contributed by atoms with van der Waals surface area (Å²) in [6, 6.07) is 14.6. The number of fused-ring (bicyclic) bond motifs is 7. The van der Waals surface area contributed by atoms with Gasteiger partial charge in [0.25, 0.3) is 11.8 Å². The number of amides is 3.